The minimum absolute atomic E-state index is 0.597. The van der Waals surface area contributed by atoms with Crippen molar-refractivity contribution in [2.75, 3.05) is 6.61 Å². The lowest BCUT2D eigenvalue weighted by atomic mass is 10.00. The number of benzene rings is 1. The SMILES string of the molecule is Cc1ccccc1OCCCC(C)(N)C#N. The van der Waals surface area contributed by atoms with Gasteiger partial charge < -0.3 is 10.5 Å². The molecule has 0 aliphatic heterocycles. The average Bonchev–Trinajstić information content (AvgIpc) is 2.27. The molecule has 1 aromatic carbocycles. The van der Waals surface area contributed by atoms with Gasteiger partial charge in [-0.1, -0.05) is 18.2 Å². The van der Waals surface area contributed by atoms with Gasteiger partial charge in [-0.15, -0.1) is 0 Å². The number of rotatable bonds is 5. The van der Waals surface area contributed by atoms with Crippen molar-refractivity contribution in [2.45, 2.75) is 32.2 Å². The predicted octanol–water partition coefficient (Wildman–Crippen LogP) is 2.40. The molecule has 2 N–H and O–H groups in total. The van der Waals surface area contributed by atoms with E-state index in [1.165, 1.54) is 0 Å². The molecule has 0 heterocycles. The molecular weight excluding hydrogens is 200 g/mol. The summed E-state index contributed by atoms with van der Waals surface area (Å²) >= 11 is 0. The molecule has 0 aliphatic carbocycles. The molecule has 0 radical (unpaired) electrons. The molecule has 16 heavy (non-hydrogen) atoms. The fourth-order valence-corrected chi connectivity index (χ4v) is 1.40. The summed E-state index contributed by atoms with van der Waals surface area (Å²) in [6.07, 6.45) is 1.43. The van der Waals surface area contributed by atoms with Gasteiger partial charge in [0, 0.05) is 0 Å². The molecule has 0 saturated carbocycles. The van der Waals surface area contributed by atoms with Crippen molar-refractivity contribution in [1.29, 1.82) is 5.26 Å². The molecule has 0 fully saturated rings. The number of nitrogens with two attached hydrogens (primary N) is 1. The zero-order valence-corrected chi connectivity index (χ0v) is 9.86. The molecule has 1 atom stereocenters. The molecule has 0 aromatic heterocycles. The lowest BCUT2D eigenvalue weighted by Crippen LogP contribution is -2.34. The Morgan fingerprint density at radius 3 is 2.75 bits per heavy atom. The maximum atomic E-state index is 8.74. The summed E-state index contributed by atoms with van der Waals surface area (Å²) in [4.78, 5) is 0. The summed E-state index contributed by atoms with van der Waals surface area (Å²) in [6, 6.07) is 9.96. The van der Waals surface area contributed by atoms with Crippen LogP contribution in [-0.2, 0) is 0 Å². The van der Waals surface area contributed by atoms with Crippen LogP contribution in [-0.4, -0.2) is 12.1 Å². The van der Waals surface area contributed by atoms with E-state index in [1.54, 1.807) is 6.92 Å². The van der Waals surface area contributed by atoms with E-state index in [0.717, 1.165) is 17.7 Å². The second kappa shape index (κ2) is 5.53. The summed E-state index contributed by atoms with van der Waals surface area (Å²) in [5.41, 5.74) is 6.09. The standard InChI is InChI=1S/C13H18N2O/c1-11-6-3-4-7-12(11)16-9-5-8-13(2,15)10-14/h3-4,6-7H,5,8-9,15H2,1-2H3. The van der Waals surface area contributed by atoms with Gasteiger partial charge in [0.05, 0.1) is 12.7 Å². The number of nitriles is 1. The van der Waals surface area contributed by atoms with Crippen molar-refractivity contribution in [3.05, 3.63) is 29.8 Å². The zero-order valence-electron chi connectivity index (χ0n) is 9.86. The monoisotopic (exact) mass is 218 g/mol. The van der Waals surface area contributed by atoms with Crippen molar-refractivity contribution in [3.8, 4) is 11.8 Å². The highest BCUT2D eigenvalue weighted by molar-refractivity contribution is 5.31. The van der Waals surface area contributed by atoms with E-state index in [1.807, 2.05) is 31.2 Å². The Hall–Kier alpha value is -1.53. The van der Waals surface area contributed by atoms with Crippen LogP contribution in [0, 0.1) is 18.3 Å². The highest BCUT2D eigenvalue weighted by atomic mass is 16.5. The van der Waals surface area contributed by atoms with Gasteiger partial charge in [-0.05, 0) is 38.3 Å². The van der Waals surface area contributed by atoms with Gasteiger partial charge in [-0.25, -0.2) is 0 Å². The van der Waals surface area contributed by atoms with Crippen LogP contribution in [0.1, 0.15) is 25.3 Å². The molecule has 3 heteroatoms. The third-order valence-corrected chi connectivity index (χ3v) is 2.45. The normalized spacial score (nSPS) is 13.9. The third kappa shape index (κ3) is 3.92. The minimum Gasteiger partial charge on any atom is -0.493 e. The average molecular weight is 218 g/mol. The number of nitrogens with zero attached hydrogens (tertiary/aromatic N) is 1. The fourth-order valence-electron chi connectivity index (χ4n) is 1.40. The molecule has 0 aliphatic rings. The van der Waals surface area contributed by atoms with Crippen molar-refractivity contribution in [2.24, 2.45) is 5.73 Å². The summed E-state index contributed by atoms with van der Waals surface area (Å²) in [6.45, 7) is 4.34. The Labute approximate surface area is 96.8 Å². The Bertz CT molecular complexity index is 380. The van der Waals surface area contributed by atoms with Crippen molar-refractivity contribution >= 4 is 0 Å². The van der Waals surface area contributed by atoms with Crippen LogP contribution in [0.2, 0.25) is 0 Å². The molecule has 0 amide bonds. The molecule has 0 bridgehead atoms. The first-order valence-corrected chi connectivity index (χ1v) is 5.44. The number of para-hydroxylation sites is 1. The van der Waals surface area contributed by atoms with Crippen LogP contribution in [0.4, 0.5) is 0 Å². The summed E-state index contributed by atoms with van der Waals surface area (Å²) in [5.74, 6) is 0.901. The van der Waals surface area contributed by atoms with Crippen LogP contribution in [0.15, 0.2) is 24.3 Å². The van der Waals surface area contributed by atoms with Gasteiger partial charge in [0.1, 0.15) is 11.3 Å². The minimum atomic E-state index is -0.741. The zero-order chi connectivity index (χ0) is 12.0. The van der Waals surface area contributed by atoms with Crippen LogP contribution in [0.3, 0.4) is 0 Å². The summed E-state index contributed by atoms with van der Waals surface area (Å²) in [7, 11) is 0. The lowest BCUT2D eigenvalue weighted by Gasteiger charge is -2.15. The van der Waals surface area contributed by atoms with E-state index in [2.05, 4.69) is 6.07 Å². The first kappa shape index (κ1) is 12.5. The first-order chi connectivity index (χ1) is 7.55. The van der Waals surface area contributed by atoms with Gasteiger partial charge in [-0.2, -0.15) is 5.26 Å². The van der Waals surface area contributed by atoms with E-state index >= 15 is 0 Å². The van der Waals surface area contributed by atoms with Crippen molar-refractivity contribution in [1.82, 2.24) is 0 Å². The Morgan fingerprint density at radius 1 is 1.44 bits per heavy atom. The maximum absolute atomic E-state index is 8.74. The second-order valence-electron chi connectivity index (χ2n) is 4.25. The van der Waals surface area contributed by atoms with Gasteiger partial charge >= 0.3 is 0 Å². The van der Waals surface area contributed by atoms with Crippen LogP contribution < -0.4 is 10.5 Å². The largest absolute Gasteiger partial charge is 0.493 e. The first-order valence-electron chi connectivity index (χ1n) is 5.44. The molecule has 1 aromatic rings. The van der Waals surface area contributed by atoms with Crippen LogP contribution >= 0.6 is 0 Å². The topological polar surface area (TPSA) is 59.0 Å². The van der Waals surface area contributed by atoms with Gasteiger partial charge in [0.2, 0.25) is 0 Å². The third-order valence-electron chi connectivity index (χ3n) is 2.45. The smallest absolute Gasteiger partial charge is 0.122 e. The molecular formula is C13H18N2O. The number of ether oxygens (including phenoxy) is 1. The summed E-state index contributed by atoms with van der Waals surface area (Å²) < 4.78 is 5.61. The van der Waals surface area contributed by atoms with Crippen molar-refractivity contribution in [3.63, 3.8) is 0 Å². The number of aryl methyl sites for hydroxylation is 1. The highest BCUT2D eigenvalue weighted by Gasteiger charge is 2.16. The highest BCUT2D eigenvalue weighted by Crippen LogP contribution is 2.17. The molecule has 3 nitrogen and oxygen atoms in total. The van der Waals surface area contributed by atoms with Crippen LogP contribution in [0.5, 0.6) is 5.75 Å². The van der Waals surface area contributed by atoms with E-state index in [4.69, 9.17) is 15.7 Å². The second-order valence-corrected chi connectivity index (χ2v) is 4.25. The molecule has 1 rings (SSSR count). The Kier molecular flexibility index (Phi) is 4.33. The summed E-state index contributed by atoms with van der Waals surface area (Å²) in [5, 5.41) is 8.74. The molecule has 0 spiro atoms. The number of hydrogen-bond donors (Lipinski definition) is 1. The quantitative estimate of drug-likeness (QED) is 0.772. The lowest BCUT2D eigenvalue weighted by molar-refractivity contribution is 0.294. The maximum Gasteiger partial charge on any atom is 0.122 e. The van der Waals surface area contributed by atoms with E-state index < -0.39 is 5.54 Å². The van der Waals surface area contributed by atoms with E-state index in [0.29, 0.717) is 13.0 Å². The fraction of sp³-hybridized carbons (Fsp3) is 0.462. The Morgan fingerprint density at radius 2 is 2.12 bits per heavy atom. The molecule has 1 unspecified atom stereocenters. The number of hydrogen-bond acceptors (Lipinski definition) is 3. The van der Waals surface area contributed by atoms with Gasteiger partial charge in [0.15, 0.2) is 0 Å². The Balaban J connectivity index is 2.33. The van der Waals surface area contributed by atoms with E-state index in [9.17, 15) is 0 Å². The molecule has 86 valence electrons. The van der Waals surface area contributed by atoms with Gasteiger partial charge in [-0.3, -0.25) is 0 Å². The van der Waals surface area contributed by atoms with E-state index in [-0.39, 0.29) is 0 Å². The molecule has 0 saturated heterocycles. The predicted molar refractivity (Wildman–Crippen MR) is 64.1 cm³/mol. The van der Waals surface area contributed by atoms with Gasteiger partial charge in [0.25, 0.3) is 0 Å². The van der Waals surface area contributed by atoms with Crippen molar-refractivity contribution < 1.29 is 4.74 Å². The van der Waals surface area contributed by atoms with Crippen LogP contribution in [0.25, 0.3) is 0 Å².